The van der Waals surface area contributed by atoms with E-state index in [0.717, 1.165) is 10.0 Å². The monoisotopic (exact) mass is 183 g/mol. The van der Waals surface area contributed by atoms with Crippen molar-refractivity contribution in [1.82, 2.24) is 4.98 Å². The molecular weight excluding hydrogens is 178 g/mol. The molecule has 1 rings (SSSR count). The van der Waals surface area contributed by atoms with Gasteiger partial charge in [-0.05, 0) is 6.07 Å². The normalized spacial score (nSPS) is 9.00. The van der Waals surface area contributed by atoms with E-state index in [-0.39, 0.29) is 0 Å². The van der Waals surface area contributed by atoms with E-state index in [4.69, 9.17) is 0 Å². The molecule has 0 saturated carbocycles. The number of hydrogen-bond donors (Lipinski definition) is 0. The number of halogens is 1. The Balaban J connectivity index is 3.15. The van der Waals surface area contributed by atoms with Gasteiger partial charge in [0.15, 0.2) is 0 Å². The summed E-state index contributed by atoms with van der Waals surface area (Å²) < 4.78 is 1.03. The van der Waals surface area contributed by atoms with E-state index in [9.17, 15) is 0 Å². The van der Waals surface area contributed by atoms with Crippen molar-refractivity contribution in [1.29, 1.82) is 0 Å². The average Bonchev–Trinajstić information content (AvgIpc) is 1.89. The molecule has 0 amide bonds. The van der Waals surface area contributed by atoms with E-state index >= 15 is 0 Å². The minimum atomic E-state index is 1.03. The van der Waals surface area contributed by atoms with E-state index in [1.54, 1.807) is 18.5 Å². The molecule has 0 N–H and O–H groups in total. The van der Waals surface area contributed by atoms with E-state index in [2.05, 4.69) is 27.5 Å². The first-order valence-corrected chi connectivity index (χ1v) is 3.36. The van der Waals surface area contributed by atoms with E-state index < -0.39 is 0 Å². The first-order valence-electron chi connectivity index (χ1n) is 2.56. The molecule has 2 heteroatoms. The summed E-state index contributed by atoms with van der Waals surface area (Å²) in [7, 11) is 0. The molecule has 0 aromatic carbocycles. The fraction of sp³-hybridized carbons (Fsp3) is 0. The van der Waals surface area contributed by atoms with Crippen LogP contribution in [0.4, 0.5) is 0 Å². The Labute approximate surface area is 62.6 Å². The van der Waals surface area contributed by atoms with Gasteiger partial charge in [-0.25, -0.2) is 0 Å². The molecule has 1 aromatic rings. The van der Waals surface area contributed by atoms with Crippen LogP contribution in [0.25, 0.3) is 6.08 Å². The van der Waals surface area contributed by atoms with Crippen LogP contribution in [0.2, 0.25) is 0 Å². The molecule has 0 bridgehead atoms. The van der Waals surface area contributed by atoms with Gasteiger partial charge >= 0.3 is 0 Å². The van der Waals surface area contributed by atoms with Crippen molar-refractivity contribution >= 4 is 22.0 Å². The molecule has 0 aliphatic carbocycles. The van der Waals surface area contributed by atoms with Crippen LogP contribution in [0, 0.1) is 0 Å². The van der Waals surface area contributed by atoms with E-state index in [1.807, 2.05) is 6.07 Å². The molecule has 46 valence electrons. The second-order valence-corrected chi connectivity index (χ2v) is 2.46. The van der Waals surface area contributed by atoms with Gasteiger partial charge in [0.1, 0.15) is 0 Å². The summed E-state index contributed by atoms with van der Waals surface area (Å²) in [6, 6.07) is 1.89. The molecule has 1 aromatic heterocycles. The van der Waals surface area contributed by atoms with Crippen molar-refractivity contribution in [2.24, 2.45) is 0 Å². The Morgan fingerprint density at radius 1 is 1.67 bits per heavy atom. The highest BCUT2D eigenvalue weighted by molar-refractivity contribution is 9.10. The maximum absolute atomic E-state index is 3.92. The zero-order valence-electron chi connectivity index (χ0n) is 4.84. The van der Waals surface area contributed by atoms with Crippen LogP contribution >= 0.6 is 15.9 Å². The number of nitrogens with zero attached hydrogens (tertiary/aromatic N) is 1. The second kappa shape index (κ2) is 2.78. The third-order valence-corrected chi connectivity index (χ3v) is 1.74. The molecular formula is C7H6BrN. The number of rotatable bonds is 1. The maximum Gasteiger partial charge on any atom is 0.0351 e. The molecule has 0 unspecified atom stereocenters. The van der Waals surface area contributed by atoms with Gasteiger partial charge in [-0.15, -0.1) is 0 Å². The molecule has 0 aliphatic rings. The molecule has 0 fully saturated rings. The van der Waals surface area contributed by atoms with Gasteiger partial charge in [-0.2, -0.15) is 0 Å². The number of pyridine rings is 1. The topological polar surface area (TPSA) is 12.9 Å². The lowest BCUT2D eigenvalue weighted by Gasteiger charge is -1.92. The van der Waals surface area contributed by atoms with Crippen LogP contribution in [-0.4, -0.2) is 4.98 Å². The zero-order valence-corrected chi connectivity index (χ0v) is 6.43. The third kappa shape index (κ3) is 1.39. The van der Waals surface area contributed by atoms with Crippen molar-refractivity contribution in [3.8, 4) is 0 Å². The standard InChI is InChI=1S/C7H6BrN/c1-2-6-5-9-4-3-7(6)8/h2-5H,1H2. The molecule has 1 heterocycles. The Kier molecular flexibility index (Phi) is 2.01. The Morgan fingerprint density at radius 3 is 2.89 bits per heavy atom. The molecule has 0 saturated heterocycles. The van der Waals surface area contributed by atoms with Gasteiger partial charge in [0.25, 0.3) is 0 Å². The Hall–Kier alpha value is -0.630. The van der Waals surface area contributed by atoms with Gasteiger partial charge < -0.3 is 0 Å². The highest BCUT2D eigenvalue weighted by atomic mass is 79.9. The fourth-order valence-electron chi connectivity index (χ4n) is 0.540. The summed E-state index contributed by atoms with van der Waals surface area (Å²) in [5.41, 5.74) is 1.03. The number of aromatic nitrogens is 1. The van der Waals surface area contributed by atoms with Gasteiger partial charge in [-0.3, -0.25) is 4.98 Å². The van der Waals surface area contributed by atoms with Gasteiger partial charge in [0.2, 0.25) is 0 Å². The molecule has 0 aliphatic heterocycles. The summed E-state index contributed by atoms with van der Waals surface area (Å²) in [5.74, 6) is 0. The minimum absolute atomic E-state index is 1.03. The lowest BCUT2D eigenvalue weighted by molar-refractivity contribution is 1.30. The molecule has 0 atom stereocenters. The smallest absolute Gasteiger partial charge is 0.0351 e. The lowest BCUT2D eigenvalue weighted by atomic mass is 10.3. The quantitative estimate of drug-likeness (QED) is 0.653. The predicted molar refractivity (Wildman–Crippen MR) is 42.0 cm³/mol. The van der Waals surface area contributed by atoms with Gasteiger partial charge in [-0.1, -0.05) is 28.6 Å². The van der Waals surface area contributed by atoms with E-state index in [1.165, 1.54) is 0 Å². The molecule has 1 nitrogen and oxygen atoms in total. The van der Waals surface area contributed by atoms with Crippen molar-refractivity contribution < 1.29 is 0 Å². The first kappa shape index (κ1) is 6.49. The maximum atomic E-state index is 3.92. The average molecular weight is 184 g/mol. The Morgan fingerprint density at radius 2 is 2.44 bits per heavy atom. The van der Waals surface area contributed by atoms with Crippen LogP contribution in [-0.2, 0) is 0 Å². The zero-order chi connectivity index (χ0) is 6.69. The largest absolute Gasteiger partial charge is 0.264 e. The predicted octanol–water partition coefficient (Wildman–Crippen LogP) is 2.49. The van der Waals surface area contributed by atoms with Crippen molar-refractivity contribution in [2.45, 2.75) is 0 Å². The summed E-state index contributed by atoms with van der Waals surface area (Å²) in [4.78, 5) is 3.92. The highest BCUT2D eigenvalue weighted by Crippen LogP contribution is 2.14. The van der Waals surface area contributed by atoms with Gasteiger partial charge in [0, 0.05) is 22.4 Å². The minimum Gasteiger partial charge on any atom is -0.264 e. The molecule has 0 spiro atoms. The number of hydrogen-bond acceptors (Lipinski definition) is 1. The van der Waals surface area contributed by atoms with Crippen LogP contribution in [0.1, 0.15) is 5.56 Å². The second-order valence-electron chi connectivity index (χ2n) is 1.60. The lowest BCUT2D eigenvalue weighted by Crippen LogP contribution is -1.75. The molecule has 0 radical (unpaired) electrons. The van der Waals surface area contributed by atoms with E-state index in [0.29, 0.717) is 0 Å². The summed E-state index contributed by atoms with van der Waals surface area (Å²) >= 11 is 3.35. The first-order chi connectivity index (χ1) is 4.34. The van der Waals surface area contributed by atoms with Crippen molar-refractivity contribution in [2.75, 3.05) is 0 Å². The van der Waals surface area contributed by atoms with Crippen LogP contribution in [0.3, 0.4) is 0 Å². The highest BCUT2D eigenvalue weighted by Gasteiger charge is 1.89. The van der Waals surface area contributed by atoms with Gasteiger partial charge in [0.05, 0.1) is 0 Å². The van der Waals surface area contributed by atoms with Crippen LogP contribution in [0.15, 0.2) is 29.5 Å². The Bertz CT molecular complexity index is 220. The summed E-state index contributed by atoms with van der Waals surface area (Å²) in [5, 5.41) is 0. The van der Waals surface area contributed by atoms with Crippen LogP contribution in [0.5, 0.6) is 0 Å². The SMILES string of the molecule is C=Cc1cnccc1Br. The third-order valence-electron chi connectivity index (χ3n) is 1.02. The van der Waals surface area contributed by atoms with Crippen LogP contribution < -0.4 is 0 Å². The summed E-state index contributed by atoms with van der Waals surface area (Å²) in [6.45, 7) is 3.62. The van der Waals surface area contributed by atoms with Crippen molar-refractivity contribution in [3.63, 3.8) is 0 Å². The fourth-order valence-corrected chi connectivity index (χ4v) is 0.922. The summed E-state index contributed by atoms with van der Waals surface area (Å²) in [6.07, 6.45) is 5.26. The molecule has 9 heavy (non-hydrogen) atoms. The van der Waals surface area contributed by atoms with Crippen molar-refractivity contribution in [3.05, 3.63) is 35.1 Å².